The van der Waals surface area contributed by atoms with E-state index in [1.807, 2.05) is 18.5 Å². The number of pyridine rings is 1. The van der Waals surface area contributed by atoms with Crippen LogP contribution in [0, 0.1) is 0 Å². The molecular formula is C14H18N2O. The second kappa shape index (κ2) is 6.33. The van der Waals surface area contributed by atoms with Crippen LogP contribution < -0.4 is 5.32 Å². The summed E-state index contributed by atoms with van der Waals surface area (Å²) in [4.78, 5) is 4.26. The van der Waals surface area contributed by atoms with Gasteiger partial charge in [-0.1, -0.05) is 24.3 Å². The van der Waals surface area contributed by atoms with Gasteiger partial charge in [-0.25, -0.2) is 0 Å². The smallest absolute Gasteiger partial charge is 0.0474 e. The maximum atomic E-state index is 5.01. The molecule has 0 aliphatic rings. The molecule has 0 bridgehead atoms. The Bertz CT molecular complexity index is 465. The minimum absolute atomic E-state index is 0.806. The normalized spacial score (nSPS) is 10.9. The van der Waals surface area contributed by atoms with Gasteiger partial charge in [0.05, 0.1) is 0 Å². The highest BCUT2D eigenvalue weighted by molar-refractivity contribution is 5.84. The van der Waals surface area contributed by atoms with Gasteiger partial charge in [0.25, 0.3) is 0 Å². The largest absolute Gasteiger partial charge is 0.385 e. The van der Waals surface area contributed by atoms with Crippen molar-refractivity contribution >= 4 is 10.8 Å². The zero-order valence-corrected chi connectivity index (χ0v) is 10.1. The first-order valence-electron chi connectivity index (χ1n) is 5.93. The van der Waals surface area contributed by atoms with Crippen molar-refractivity contribution in [1.29, 1.82) is 0 Å². The fraction of sp³-hybridized carbons (Fsp3) is 0.357. The lowest BCUT2D eigenvalue weighted by atomic mass is 10.1. The number of hydrogen-bond acceptors (Lipinski definition) is 3. The second-order valence-electron chi connectivity index (χ2n) is 4.04. The molecule has 0 unspecified atom stereocenters. The van der Waals surface area contributed by atoms with E-state index in [1.54, 1.807) is 7.11 Å². The van der Waals surface area contributed by atoms with Gasteiger partial charge in [-0.2, -0.15) is 0 Å². The Morgan fingerprint density at radius 1 is 1.24 bits per heavy atom. The molecule has 0 atom stereocenters. The number of rotatable bonds is 6. The average Bonchev–Trinajstić information content (AvgIpc) is 2.39. The Morgan fingerprint density at radius 2 is 2.12 bits per heavy atom. The van der Waals surface area contributed by atoms with Crippen LogP contribution in [0.1, 0.15) is 12.0 Å². The first-order valence-corrected chi connectivity index (χ1v) is 5.93. The van der Waals surface area contributed by atoms with Crippen molar-refractivity contribution in [2.45, 2.75) is 13.0 Å². The molecule has 1 aromatic heterocycles. The maximum Gasteiger partial charge on any atom is 0.0474 e. The maximum absolute atomic E-state index is 5.01. The molecule has 0 aliphatic carbocycles. The van der Waals surface area contributed by atoms with Crippen LogP contribution >= 0.6 is 0 Å². The fourth-order valence-corrected chi connectivity index (χ4v) is 1.88. The van der Waals surface area contributed by atoms with Crippen molar-refractivity contribution in [3.63, 3.8) is 0 Å². The molecule has 1 heterocycles. The number of hydrogen-bond donors (Lipinski definition) is 1. The molecule has 3 heteroatoms. The molecule has 0 spiro atoms. The summed E-state index contributed by atoms with van der Waals surface area (Å²) in [5.74, 6) is 0. The second-order valence-corrected chi connectivity index (χ2v) is 4.04. The number of ether oxygens (including phenoxy) is 1. The molecule has 0 saturated heterocycles. The van der Waals surface area contributed by atoms with Gasteiger partial charge < -0.3 is 10.1 Å². The zero-order valence-electron chi connectivity index (χ0n) is 10.1. The van der Waals surface area contributed by atoms with E-state index in [4.69, 9.17) is 4.74 Å². The van der Waals surface area contributed by atoms with Gasteiger partial charge >= 0.3 is 0 Å². The standard InChI is InChI=1S/C14H18N2O/c1-17-8-4-7-15-10-13-11-16-9-12-5-2-3-6-14(12)13/h2-3,5-6,9,11,15H,4,7-8,10H2,1H3. The van der Waals surface area contributed by atoms with E-state index >= 15 is 0 Å². The topological polar surface area (TPSA) is 34.1 Å². The summed E-state index contributed by atoms with van der Waals surface area (Å²) in [6.45, 7) is 2.63. The Balaban J connectivity index is 1.98. The lowest BCUT2D eigenvalue weighted by Crippen LogP contribution is -2.16. The molecular weight excluding hydrogens is 212 g/mol. The van der Waals surface area contributed by atoms with Crippen LogP contribution in [-0.4, -0.2) is 25.2 Å². The third-order valence-electron chi connectivity index (χ3n) is 2.77. The molecule has 90 valence electrons. The minimum atomic E-state index is 0.806. The van der Waals surface area contributed by atoms with E-state index in [0.29, 0.717) is 0 Å². The summed E-state index contributed by atoms with van der Waals surface area (Å²) in [6.07, 6.45) is 4.88. The molecule has 1 aromatic carbocycles. The quantitative estimate of drug-likeness (QED) is 0.774. The van der Waals surface area contributed by atoms with Crippen LogP contribution in [0.4, 0.5) is 0 Å². The number of methoxy groups -OCH3 is 1. The van der Waals surface area contributed by atoms with Crippen molar-refractivity contribution in [1.82, 2.24) is 10.3 Å². The Morgan fingerprint density at radius 3 is 3.00 bits per heavy atom. The van der Waals surface area contributed by atoms with Crippen LogP contribution in [-0.2, 0) is 11.3 Å². The van der Waals surface area contributed by atoms with E-state index in [1.165, 1.54) is 16.3 Å². The van der Waals surface area contributed by atoms with E-state index in [-0.39, 0.29) is 0 Å². The summed E-state index contributed by atoms with van der Waals surface area (Å²) in [6, 6.07) is 8.34. The molecule has 1 N–H and O–H groups in total. The van der Waals surface area contributed by atoms with Gasteiger partial charge in [0, 0.05) is 38.0 Å². The molecule has 0 amide bonds. The van der Waals surface area contributed by atoms with Gasteiger partial charge in [0.15, 0.2) is 0 Å². The van der Waals surface area contributed by atoms with Crippen LogP contribution in [0.25, 0.3) is 10.8 Å². The Kier molecular flexibility index (Phi) is 4.47. The van der Waals surface area contributed by atoms with Crippen molar-refractivity contribution in [2.75, 3.05) is 20.3 Å². The van der Waals surface area contributed by atoms with Gasteiger partial charge in [-0.3, -0.25) is 4.98 Å². The lowest BCUT2D eigenvalue weighted by molar-refractivity contribution is 0.194. The van der Waals surface area contributed by atoms with E-state index in [2.05, 4.69) is 28.5 Å². The molecule has 0 aliphatic heterocycles. The monoisotopic (exact) mass is 230 g/mol. The molecule has 0 fully saturated rings. The first kappa shape index (κ1) is 12.0. The van der Waals surface area contributed by atoms with E-state index in [0.717, 1.165) is 26.1 Å². The van der Waals surface area contributed by atoms with Crippen LogP contribution in [0.2, 0.25) is 0 Å². The van der Waals surface area contributed by atoms with Crippen molar-refractivity contribution < 1.29 is 4.74 Å². The summed E-state index contributed by atoms with van der Waals surface area (Å²) < 4.78 is 5.01. The van der Waals surface area contributed by atoms with Crippen molar-refractivity contribution in [3.8, 4) is 0 Å². The number of nitrogens with one attached hydrogen (secondary N) is 1. The van der Waals surface area contributed by atoms with E-state index < -0.39 is 0 Å². The van der Waals surface area contributed by atoms with Crippen LogP contribution in [0.15, 0.2) is 36.7 Å². The van der Waals surface area contributed by atoms with E-state index in [9.17, 15) is 0 Å². The first-order chi connectivity index (χ1) is 8.42. The molecule has 3 nitrogen and oxygen atoms in total. The third kappa shape index (κ3) is 3.25. The highest BCUT2D eigenvalue weighted by Gasteiger charge is 1.99. The van der Waals surface area contributed by atoms with Gasteiger partial charge in [-0.05, 0) is 23.9 Å². The Labute approximate surface area is 102 Å². The molecule has 2 aromatic rings. The highest BCUT2D eigenvalue weighted by atomic mass is 16.5. The third-order valence-corrected chi connectivity index (χ3v) is 2.77. The summed E-state index contributed by atoms with van der Waals surface area (Å²) in [5, 5.41) is 5.89. The number of fused-ring (bicyclic) bond motifs is 1. The molecule has 2 rings (SSSR count). The average molecular weight is 230 g/mol. The Hall–Kier alpha value is -1.45. The summed E-state index contributed by atoms with van der Waals surface area (Å²) in [7, 11) is 1.73. The summed E-state index contributed by atoms with van der Waals surface area (Å²) >= 11 is 0. The van der Waals surface area contributed by atoms with Crippen LogP contribution in [0.5, 0.6) is 0 Å². The predicted molar refractivity (Wildman–Crippen MR) is 69.9 cm³/mol. The minimum Gasteiger partial charge on any atom is -0.385 e. The van der Waals surface area contributed by atoms with Crippen molar-refractivity contribution in [2.24, 2.45) is 0 Å². The number of nitrogens with zero attached hydrogens (tertiary/aromatic N) is 1. The van der Waals surface area contributed by atoms with Gasteiger partial charge in [0.2, 0.25) is 0 Å². The predicted octanol–water partition coefficient (Wildman–Crippen LogP) is 2.36. The number of aromatic nitrogens is 1. The molecule has 0 saturated carbocycles. The number of benzene rings is 1. The fourth-order valence-electron chi connectivity index (χ4n) is 1.88. The SMILES string of the molecule is COCCCNCc1cncc2ccccc12. The lowest BCUT2D eigenvalue weighted by Gasteiger charge is -2.07. The zero-order chi connectivity index (χ0) is 11.9. The molecule has 0 radical (unpaired) electrons. The highest BCUT2D eigenvalue weighted by Crippen LogP contribution is 2.16. The molecule has 17 heavy (non-hydrogen) atoms. The van der Waals surface area contributed by atoms with Crippen molar-refractivity contribution in [3.05, 3.63) is 42.2 Å². The van der Waals surface area contributed by atoms with Gasteiger partial charge in [0.1, 0.15) is 0 Å². The van der Waals surface area contributed by atoms with Gasteiger partial charge in [-0.15, -0.1) is 0 Å². The van der Waals surface area contributed by atoms with Crippen LogP contribution in [0.3, 0.4) is 0 Å². The summed E-state index contributed by atoms with van der Waals surface area (Å²) in [5.41, 5.74) is 1.25.